The van der Waals surface area contributed by atoms with Crippen LogP contribution in [0.3, 0.4) is 0 Å². The van der Waals surface area contributed by atoms with Gasteiger partial charge in [-0.25, -0.2) is 4.79 Å². The second-order valence-electron chi connectivity index (χ2n) is 4.50. The standard InChI is InChI=1S/C11H20N2O3/c1-4-6-13(9(2)14)11(10(15)16)5-7-12(3)8-11/h4-8H2,1-3H3,(H,15,16). The Morgan fingerprint density at radius 1 is 1.50 bits per heavy atom. The van der Waals surface area contributed by atoms with Crippen molar-refractivity contribution in [3.8, 4) is 0 Å². The Hall–Kier alpha value is -1.10. The third-order valence-corrected chi connectivity index (χ3v) is 3.18. The summed E-state index contributed by atoms with van der Waals surface area (Å²) in [7, 11) is 1.88. The van der Waals surface area contributed by atoms with Crippen LogP contribution in [0.4, 0.5) is 0 Å². The Kier molecular flexibility index (Phi) is 3.91. The molecule has 1 saturated heterocycles. The van der Waals surface area contributed by atoms with Crippen molar-refractivity contribution in [2.75, 3.05) is 26.7 Å². The lowest BCUT2D eigenvalue weighted by Gasteiger charge is -2.37. The number of hydrogen-bond acceptors (Lipinski definition) is 3. The summed E-state index contributed by atoms with van der Waals surface area (Å²) in [5.74, 6) is -1.04. The van der Waals surface area contributed by atoms with E-state index >= 15 is 0 Å². The van der Waals surface area contributed by atoms with Crippen molar-refractivity contribution in [1.29, 1.82) is 0 Å². The summed E-state index contributed by atoms with van der Waals surface area (Å²) in [6.07, 6.45) is 1.29. The van der Waals surface area contributed by atoms with Gasteiger partial charge in [-0.3, -0.25) is 4.79 Å². The smallest absolute Gasteiger partial charge is 0.331 e. The predicted molar refractivity (Wildman–Crippen MR) is 60.2 cm³/mol. The van der Waals surface area contributed by atoms with Crippen molar-refractivity contribution in [2.24, 2.45) is 0 Å². The molecule has 0 aromatic rings. The van der Waals surface area contributed by atoms with Crippen LogP contribution < -0.4 is 0 Å². The molecule has 0 radical (unpaired) electrons. The molecular weight excluding hydrogens is 208 g/mol. The second-order valence-corrected chi connectivity index (χ2v) is 4.50. The van der Waals surface area contributed by atoms with Gasteiger partial charge in [0.05, 0.1) is 0 Å². The Morgan fingerprint density at radius 3 is 2.44 bits per heavy atom. The van der Waals surface area contributed by atoms with Crippen molar-refractivity contribution in [1.82, 2.24) is 9.80 Å². The maximum absolute atomic E-state index is 11.6. The van der Waals surface area contributed by atoms with Gasteiger partial charge in [-0.05, 0) is 19.9 Å². The zero-order valence-corrected chi connectivity index (χ0v) is 10.2. The summed E-state index contributed by atoms with van der Waals surface area (Å²) < 4.78 is 0. The largest absolute Gasteiger partial charge is 0.479 e. The average Bonchev–Trinajstić information content (AvgIpc) is 2.57. The molecule has 0 bridgehead atoms. The van der Waals surface area contributed by atoms with Gasteiger partial charge >= 0.3 is 5.97 Å². The molecule has 1 atom stereocenters. The summed E-state index contributed by atoms with van der Waals surface area (Å²) >= 11 is 0. The molecule has 0 spiro atoms. The molecule has 1 unspecified atom stereocenters. The molecule has 1 amide bonds. The van der Waals surface area contributed by atoms with Crippen molar-refractivity contribution in [3.63, 3.8) is 0 Å². The molecule has 0 aromatic carbocycles. The van der Waals surface area contributed by atoms with Crippen LogP contribution in [0.1, 0.15) is 26.7 Å². The summed E-state index contributed by atoms with van der Waals surface area (Å²) in [5.41, 5.74) is -1.02. The molecule has 92 valence electrons. The molecule has 0 aliphatic carbocycles. The number of amides is 1. The fourth-order valence-corrected chi connectivity index (χ4v) is 2.39. The Bertz CT molecular complexity index is 293. The third-order valence-electron chi connectivity index (χ3n) is 3.18. The maximum Gasteiger partial charge on any atom is 0.331 e. The molecule has 1 fully saturated rings. The number of carboxylic acid groups (broad SMARTS) is 1. The highest BCUT2D eigenvalue weighted by Gasteiger charge is 2.49. The van der Waals surface area contributed by atoms with Gasteiger partial charge < -0.3 is 14.9 Å². The molecule has 16 heavy (non-hydrogen) atoms. The lowest BCUT2D eigenvalue weighted by atomic mass is 9.95. The fraction of sp³-hybridized carbons (Fsp3) is 0.818. The van der Waals surface area contributed by atoms with Gasteiger partial charge in [-0.1, -0.05) is 6.92 Å². The van der Waals surface area contributed by atoms with E-state index in [0.717, 1.165) is 13.0 Å². The predicted octanol–water partition coefficient (Wildman–Crippen LogP) is 0.404. The number of likely N-dealkylation sites (tertiary alicyclic amines) is 1. The van der Waals surface area contributed by atoms with Gasteiger partial charge in [-0.15, -0.1) is 0 Å². The quantitative estimate of drug-likeness (QED) is 0.757. The summed E-state index contributed by atoms with van der Waals surface area (Å²) in [6, 6.07) is 0. The van der Waals surface area contributed by atoms with Crippen molar-refractivity contribution >= 4 is 11.9 Å². The van der Waals surface area contributed by atoms with Gasteiger partial charge in [0, 0.05) is 26.6 Å². The number of carbonyl (C=O) groups is 2. The molecule has 0 aromatic heterocycles. The number of aliphatic carboxylic acids is 1. The third kappa shape index (κ3) is 2.19. The van der Waals surface area contributed by atoms with E-state index in [0.29, 0.717) is 19.5 Å². The first-order valence-corrected chi connectivity index (χ1v) is 5.64. The van der Waals surface area contributed by atoms with E-state index in [1.54, 1.807) is 0 Å². The normalized spacial score (nSPS) is 25.7. The minimum absolute atomic E-state index is 0.153. The van der Waals surface area contributed by atoms with Crippen LogP contribution in [0.5, 0.6) is 0 Å². The number of likely N-dealkylation sites (N-methyl/N-ethyl adjacent to an activating group) is 1. The monoisotopic (exact) mass is 228 g/mol. The number of nitrogens with zero attached hydrogens (tertiary/aromatic N) is 2. The maximum atomic E-state index is 11.6. The van der Waals surface area contributed by atoms with Crippen LogP contribution in [-0.4, -0.2) is 59.0 Å². The van der Waals surface area contributed by atoms with Crippen LogP contribution in [0, 0.1) is 0 Å². The topological polar surface area (TPSA) is 60.9 Å². The highest BCUT2D eigenvalue weighted by atomic mass is 16.4. The fourth-order valence-electron chi connectivity index (χ4n) is 2.39. The minimum atomic E-state index is -1.02. The van der Waals surface area contributed by atoms with E-state index in [1.807, 2.05) is 18.9 Å². The Morgan fingerprint density at radius 2 is 2.12 bits per heavy atom. The van der Waals surface area contributed by atoms with Crippen LogP contribution in [0.15, 0.2) is 0 Å². The number of carboxylic acids is 1. The second kappa shape index (κ2) is 4.82. The molecule has 1 aliphatic heterocycles. The van der Waals surface area contributed by atoms with Crippen molar-refractivity contribution in [2.45, 2.75) is 32.2 Å². The van der Waals surface area contributed by atoms with Crippen LogP contribution in [0.2, 0.25) is 0 Å². The molecule has 1 heterocycles. The molecule has 1 aliphatic rings. The number of carbonyl (C=O) groups excluding carboxylic acids is 1. The summed E-state index contributed by atoms with van der Waals surface area (Å²) in [5, 5.41) is 9.41. The molecular formula is C11H20N2O3. The number of rotatable bonds is 4. The molecule has 5 heteroatoms. The van der Waals surface area contributed by atoms with Gasteiger partial charge in [-0.2, -0.15) is 0 Å². The molecule has 1 N–H and O–H groups in total. The average molecular weight is 228 g/mol. The molecule has 0 saturated carbocycles. The van der Waals surface area contributed by atoms with Crippen molar-refractivity contribution in [3.05, 3.63) is 0 Å². The van der Waals surface area contributed by atoms with E-state index < -0.39 is 11.5 Å². The van der Waals surface area contributed by atoms with E-state index in [4.69, 9.17) is 0 Å². The van der Waals surface area contributed by atoms with E-state index in [9.17, 15) is 14.7 Å². The molecule has 5 nitrogen and oxygen atoms in total. The minimum Gasteiger partial charge on any atom is -0.479 e. The lowest BCUT2D eigenvalue weighted by molar-refractivity contribution is -0.157. The van der Waals surface area contributed by atoms with E-state index in [1.165, 1.54) is 11.8 Å². The Balaban J connectivity index is 2.99. The Labute approximate surface area is 96.0 Å². The number of hydrogen-bond donors (Lipinski definition) is 1. The first-order chi connectivity index (χ1) is 7.44. The van der Waals surface area contributed by atoms with Gasteiger partial charge in [0.1, 0.15) is 0 Å². The zero-order valence-electron chi connectivity index (χ0n) is 10.2. The van der Waals surface area contributed by atoms with Crippen LogP contribution in [0.25, 0.3) is 0 Å². The SMILES string of the molecule is CCCN(C(C)=O)C1(C(=O)O)CCN(C)C1. The summed E-state index contributed by atoms with van der Waals surface area (Å²) in [4.78, 5) is 26.5. The highest BCUT2D eigenvalue weighted by molar-refractivity contribution is 5.86. The van der Waals surface area contributed by atoms with E-state index in [2.05, 4.69) is 0 Å². The van der Waals surface area contributed by atoms with Gasteiger partial charge in [0.25, 0.3) is 0 Å². The first kappa shape index (κ1) is 13.0. The zero-order chi connectivity index (χ0) is 12.3. The van der Waals surface area contributed by atoms with Gasteiger partial charge in [0.15, 0.2) is 5.54 Å². The van der Waals surface area contributed by atoms with Crippen LogP contribution in [-0.2, 0) is 9.59 Å². The molecule has 1 rings (SSSR count). The lowest BCUT2D eigenvalue weighted by Crippen LogP contribution is -2.58. The van der Waals surface area contributed by atoms with Crippen LogP contribution >= 0.6 is 0 Å². The summed E-state index contributed by atoms with van der Waals surface area (Å²) in [6.45, 7) is 5.04. The van der Waals surface area contributed by atoms with Crippen molar-refractivity contribution < 1.29 is 14.7 Å². The first-order valence-electron chi connectivity index (χ1n) is 5.64. The van der Waals surface area contributed by atoms with E-state index in [-0.39, 0.29) is 5.91 Å². The van der Waals surface area contributed by atoms with Gasteiger partial charge in [0.2, 0.25) is 5.91 Å². The highest BCUT2D eigenvalue weighted by Crippen LogP contribution is 2.28.